The molecule has 0 spiro atoms. The summed E-state index contributed by atoms with van der Waals surface area (Å²) in [5.41, 5.74) is 0.870. The van der Waals surface area contributed by atoms with Gasteiger partial charge >= 0.3 is 12.0 Å². The molecule has 1 heterocycles. The lowest BCUT2D eigenvalue weighted by Gasteiger charge is -2.08. The lowest BCUT2D eigenvalue weighted by molar-refractivity contribution is -0.123. The summed E-state index contributed by atoms with van der Waals surface area (Å²) >= 11 is 1.24. The number of carbonyl (C=O) groups excluding carboxylic acids is 4. The van der Waals surface area contributed by atoms with Crippen molar-refractivity contribution < 1.29 is 23.9 Å². The van der Waals surface area contributed by atoms with Crippen LogP contribution in [0.2, 0.25) is 0 Å². The molecule has 0 radical (unpaired) electrons. The quantitative estimate of drug-likeness (QED) is 0.530. The van der Waals surface area contributed by atoms with Gasteiger partial charge in [0.25, 0.3) is 5.91 Å². The first-order valence-electron chi connectivity index (χ1n) is 6.99. The minimum atomic E-state index is -0.768. The van der Waals surface area contributed by atoms with Crippen molar-refractivity contribution in [3.63, 3.8) is 0 Å². The Morgan fingerprint density at radius 2 is 1.92 bits per heavy atom. The van der Waals surface area contributed by atoms with Crippen molar-refractivity contribution in [2.45, 2.75) is 20.8 Å². The van der Waals surface area contributed by atoms with Crippen LogP contribution in [-0.4, -0.2) is 37.0 Å². The zero-order valence-electron chi connectivity index (χ0n) is 13.6. The number of imide groups is 1. The molecule has 0 aliphatic heterocycles. The molecule has 130 valence electrons. The highest BCUT2D eigenvalue weighted by Crippen LogP contribution is 2.32. The van der Waals surface area contributed by atoms with E-state index < -0.39 is 24.5 Å². The number of hydrogen-bond acceptors (Lipinski definition) is 6. The Morgan fingerprint density at radius 1 is 1.25 bits per heavy atom. The van der Waals surface area contributed by atoms with Crippen molar-refractivity contribution in [2.75, 3.05) is 18.5 Å². The van der Waals surface area contributed by atoms with Crippen molar-refractivity contribution in [3.8, 4) is 0 Å². The fourth-order valence-corrected chi connectivity index (χ4v) is 2.79. The molecule has 0 atom stereocenters. The summed E-state index contributed by atoms with van der Waals surface area (Å²) in [4.78, 5) is 47.1. The molecule has 1 aromatic rings. The summed E-state index contributed by atoms with van der Waals surface area (Å²) in [7, 11) is 0. The number of aryl methyl sites for hydroxylation is 1. The number of esters is 1. The molecule has 3 N–H and O–H groups in total. The minimum absolute atomic E-state index is 0.201. The molecule has 0 aliphatic rings. The monoisotopic (exact) mass is 353 g/mol. The van der Waals surface area contributed by atoms with E-state index in [1.807, 2.05) is 5.32 Å². The number of carbonyl (C=O) groups is 4. The van der Waals surface area contributed by atoms with Gasteiger partial charge in [0, 0.05) is 18.3 Å². The average molecular weight is 353 g/mol. The maximum atomic E-state index is 12.2. The molecule has 0 saturated heterocycles. The number of amides is 4. The van der Waals surface area contributed by atoms with Crippen LogP contribution < -0.4 is 16.0 Å². The Hall–Kier alpha value is -2.68. The number of anilines is 1. The second-order valence-electron chi connectivity index (χ2n) is 4.79. The van der Waals surface area contributed by atoms with Gasteiger partial charge in [0.1, 0.15) is 5.00 Å². The first-order chi connectivity index (χ1) is 11.3. The summed E-state index contributed by atoms with van der Waals surface area (Å²) in [5.74, 6) is -1.83. The van der Waals surface area contributed by atoms with Crippen molar-refractivity contribution >= 4 is 40.2 Å². The molecular formula is C15H19N3O5S. The zero-order chi connectivity index (χ0) is 18.3. The van der Waals surface area contributed by atoms with Crippen LogP contribution in [0, 0.1) is 13.8 Å². The number of hydrogen-bond donors (Lipinski definition) is 3. The van der Waals surface area contributed by atoms with Crippen LogP contribution >= 0.6 is 11.3 Å². The SMILES string of the molecule is C=CCNC(=O)NC(=O)COC(=O)c1c(NC(C)=O)sc(C)c1C. The molecule has 8 nitrogen and oxygen atoms in total. The predicted molar refractivity (Wildman–Crippen MR) is 90.1 cm³/mol. The van der Waals surface area contributed by atoms with Crippen LogP contribution in [-0.2, 0) is 14.3 Å². The minimum Gasteiger partial charge on any atom is -0.452 e. The summed E-state index contributed by atoms with van der Waals surface area (Å²) in [6.45, 7) is 7.85. The van der Waals surface area contributed by atoms with Crippen LogP contribution in [0.15, 0.2) is 12.7 Å². The number of nitrogens with one attached hydrogen (secondary N) is 3. The number of thiophene rings is 1. The van der Waals surface area contributed by atoms with Crippen LogP contribution in [0.1, 0.15) is 27.7 Å². The predicted octanol–water partition coefficient (Wildman–Crippen LogP) is 1.49. The van der Waals surface area contributed by atoms with Gasteiger partial charge in [0.2, 0.25) is 5.91 Å². The zero-order valence-corrected chi connectivity index (χ0v) is 14.5. The number of ether oxygens (including phenoxy) is 1. The van der Waals surface area contributed by atoms with E-state index in [-0.39, 0.29) is 18.0 Å². The van der Waals surface area contributed by atoms with E-state index in [0.717, 1.165) is 4.88 Å². The Labute approximate surface area is 143 Å². The summed E-state index contributed by atoms with van der Waals surface area (Å²) in [6.07, 6.45) is 1.45. The Kier molecular flexibility index (Phi) is 7.12. The first kappa shape index (κ1) is 19.4. The molecule has 0 saturated carbocycles. The highest BCUT2D eigenvalue weighted by Gasteiger charge is 2.22. The molecule has 0 aromatic carbocycles. The van der Waals surface area contributed by atoms with E-state index in [1.165, 1.54) is 24.3 Å². The van der Waals surface area contributed by atoms with E-state index in [4.69, 9.17) is 4.74 Å². The molecule has 0 unspecified atom stereocenters. The van der Waals surface area contributed by atoms with E-state index in [0.29, 0.717) is 10.6 Å². The van der Waals surface area contributed by atoms with Gasteiger partial charge in [-0.1, -0.05) is 6.08 Å². The van der Waals surface area contributed by atoms with Gasteiger partial charge in [-0.25, -0.2) is 9.59 Å². The van der Waals surface area contributed by atoms with E-state index in [1.54, 1.807) is 13.8 Å². The van der Waals surface area contributed by atoms with Crippen LogP contribution in [0.5, 0.6) is 0 Å². The maximum Gasteiger partial charge on any atom is 0.341 e. The third-order valence-electron chi connectivity index (χ3n) is 2.87. The van der Waals surface area contributed by atoms with Gasteiger partial charge in [-0.15, -0.1) is 17.9 Å². The second kappa shape index (κ2) is 8.82. The summed E-state index contributed by atoms with van der Waals surface area (Å²) in [5, 5.41) is 7.29. The smallest absolute Gasteiger partial charge is 0.341 e. The molecule has 24 heavy (non-hydrogen) atoms. The normalized spacial score (nSPS) is 9.79. The Balaban J connectivity index is 2.68. The molecule has 4 amide bonds. The van der Waals surface area contributed by atoms with Crippen molar-refractivity contribution in [3.05, 3.63) is 28.7 Å². The Morgan fingerprint density at radius 3 is 2.50 bits per heavy atom. The van der Waals surface area contributed by atoms with Crippen molar-refractivity contribution in [1.82, 2.24) is 10.6 Å². The second-order valence-corrected chi connectivity index (χ2v) is 6.02. The molecular weight excluding hydrogens is 334 g/mol. The van der Waals surface area contributed by atoms with Crippen LogP contribution in [0.4, 0.5) is 9.80 Å². The maximum absolute atomic E-state index is 12.2. The highest BCUT2D eigenvalue weighted by atomic mass is 32.1. The molecule has 1 rings (SSSR count). The average Bonchev–Trinajstić information content (AvgIpc) is 2.76. The fraction of sp³-hybridized carbons (Fsp3) is 0.333. The lowest BCUT2D eigenvalue weighted by atomic mass is 10.1. The van der Waals surface area contributed by atoms with Gasteiger partial charge in [-0.05, 0) is 19.4 Å². The van der Waals surface area contributed by atoms with Gasteiger partial charge in [0.05, 0.1) is 5.56 Å². The Bertz CT molecular complexity index is 681. The first-order valence-corrected chi connectivity index (χ1v) is 7.81. The van der Waals surface area contributed by atoms with Gasteiger partial charge < -0.3 is 15.4 Å². The van der Waals surface area contributed by atoms with Crippen LogP contribution in [0.25, 0.3) is 0 Å². The lowest BCUT2D eigenvalue weighted by Crippen LogP contribution is -2.41. The summed E-state index contributed by atoms with van der Waals surface area (Å²) < 4.78 is 4.92. The van der Waals surface area contributed by atoms with Gasteiger partial charge in [-0.2, -0.15) is 0 Å². The van der Waals surface area contributed by atoms with Gasteiger partial charge in [-0.3, -0.25) is 14.9 Å². The number of urea groups is 1. The number of rotatable bonds is 6. The fourth-order valence-electron chi connectivity index (χ4n) is 1.70. The van der Waals surface area contributed by atoms with Gasteiger partial charge in [0.15, 0.2) is 6.61 Å². The topological polar surface area (TPSA) is 114 Å². The third kappa shape index (κ3) is 5.51. The van der Waals surface area contributed by atoms with E-state index in [2.05, 4.69) is 17.2 Å². The van der Waals surface area contributed by atoms with E-state index in [9.17, 15) is 19.2 Å². The third-order valence-corrected chi connectivity index (χ3v) is 4.00. The van der Waals surface area contributed by atoms with Crippen LogP contribution in [0.3, 0.4) is 0 Å². The highest BCUT2D eigenvalue weighted by molar-refractivity contribution is 7.16. The largest absolute Gasteiger partial charge is 0.452 e. The molecule has 1 aromatic heterocycles. The standard InChI is InChI=1S/C15H19N3O5S/c1-5-6-16-15(22)18-11(20)7-23-14(21)12-8(2)9(3)24-13(12)17-10(4)19/h5H,1,6-7H2,2-4H3,(H,17,19)(H2,16,18,20,22). The molecule has 0 aliphatic carbocycles. The van der Waals surface area contributed by atoms with Crippen molar-refractivity contribution in [2.24, 2.45) is 0 Å². The molecule has 0 fully saturated rings. The summed E-state index contributed by atoms with van der Waals surface area (Å²) in [6, 6.07) is -0.711. The van der Waals surface area contributed by atoms with Crippen molar-refractivity contribution in [1.29, 1.82) is 0 Å². The van der Waals surface area contributed by atoms with E-state index >= 15 is 0 Å². The molecule has 9 heteroatoms. The molecule has 0 bridgehead atoms.